The second-order valence-corrected chi connectivity index (χ2v) is 7.18. The number of benzene rings is 1. The SMILES string of the molecule is CN1C(=[Se])N(CCCN2CCOCC2)C(=O)C1=Cc1cc(O)cc(O)c1. The number of ether oxygens (including phenoxy) is 1. The number of likely N-dealkylation sites (N-methyl/N-ethyl adjacent to an activating group) is 1. The summed E-state index contributed by atoms with van der Waals surface area (Å²) in [7, 11) is 1.82. The van der Waals surface area contributed by atoms with Gasteiger partial charge in [-0.1, -0.05) is 0 Å². The molecular weight excluding hydrogens is 401 g/mol. The van der Waals surface area contributed by atoms with Crippen LogP contribution >= 0.6 is 0 Å². The molecule has 0 saturated carbocycles. The van der Waals surface area contributed by atoms with Crippen LogP contribution in [0.5, 0.6) is 11.5 Å². The summed E-state index contributed by atoms with van der Waals surface area (Å²) in [5.41, 5.74) is 1.07. The molecule has 1 aromatic carbocycles. The van der Waals surface area contributed by atoms with Crippen LogP contribution in [0.25, 0.3) is 6.08 Å². The monoisotopic (exact) mass is 425 g/mol. The number of phenolic OH excluding ortho intramolecular Hbond substituents is 2. The van der Waals surface area contributed by atoms with E-state index in [1.807, 2.05) is 7.05 Å². The van der Waals surface area contributed by atoms with Gasteiger partial charge in [0, 0.05) is 0 Å². The molecular formula is C18H23N3O4Se. The number of morpholine rings is 1. The first kappa shape index (κ1) is 18.9. The molecule has 1 amide bonds. The Balaban J connectivity index is 1.66. The molecule has 0 aromatic heterocycles. The zero-order chi connectivity index (χ0) is 18.7. The summed E-state index contributed by atoms with van der Waals surface area (Å²) in [4.78, 5) is 18.7. The van der Waals surface area contributed by atoms with Crippen molar-refractivity contribution in [2.45, 2.75) is 6.42 Å². The topological polar surface area (TPSA) is 76.5 Å². The summed E-state index contributed by atoms with van der Waals surface area (Å²) in [6.07, 6.45) is 2.55. The minimum atomic E-state index is -0.0916. The summed E-state index contributed by atoms with van der Waals surface area (Å²) in [5, 5.41) is 19.2. The zero-order valence-corrected chi connectivity index (χ0v) is 16.4. The second-order valence-electron chi connectivity index (χ2n) is 6.42. The number of amides is 1. The van der Waals surface area contributed by atoms with Crippen molar-refractivity contribution in [3.8, 4) is 11.5 Å². The van der Waals surface area contributed by atoms with Crippen molar-refractivity contribution in [2.75, 3.05) is 46.4 Å². The Kier molecular flexibility index (Phi) is 5.98. The van der Waals surface area contributed by atoms with Gasteiger partial charge in [0.2, 0.25) is 0 Å². The molecule has 0 bridgehead atoms. The molecule has 2 fully saturated rings. The maximum absolute atomic E-state index is 12.8. The molecule has 0 spiro atoms. The average molecular weight is 424 g/mol. The van der Waals surface area contributed by atoms with Crippen LogP contribution in [-0.4, -0.2) is 97.5 Å². The first-order chi connectivity index (χ1) is 12.5. The van der Waals surface area contributed by atoms with Crippen LogP contribution < -0.4 is 0 Å². The molecule has 26 heavy (non-hydrogen) atoms. The molecule has 2 heterocycles. The van der Waals surface area contributed by atoms with Crippen molar-refractivity contribution in [2.24, 2.45) is 0 Å². The molecule has 0 unspecified atom stereocenters. The van der Waals surface area contributed by atoms with Gasteiger partial charge >= 0.3 is 160 Å². The van der Waals surface area contributed by atoms with Crippen molar-refractivity contribution in [3.63, 3.8) is 0 Å². The fraction of sp³-hybridized carbons (Fsp3) is 0.444. The van der Waals surface area contributed by atoms with E-state index in [0.29, 0.717) is 17.8 Å². The molecule has 8 heteroatoms. The Morgan fingerprint density at radius 3 is 2.46 bits per heavy atom. The molecule has 1 aromatic rings. The summed E-state index contributed by atoms with van der Waals surface area (Å²) in [5.74, 6) is -0.176. The molecule has 2 aliphatic heterocycles. The Morgan fingerprint density at radius 2 is 1.81 bits per heavy atom. The predicted octanol–water partition coefficient (Wildman–Crippen LogP) is 0.191. The molecule has 0 aliphatic carbocycles. The average Bonchev–Trinajstić information content (AvgIpc) is 2.80. The number of carbonyl (C=O) groups excluding carboxylic acids is 1. The number of hydrogen-bond acceptors (Lipinski definition) is 6. The van der Waals surface area contributed by atoms with E-state index < -0.39 is 0 Å². The van der Waals surface area contributed by atoms with Crippen LogP contribution in [0, 0.1) is 0 Å². The van der Waals surface area contributed by atoms with Crippen LogP contribution in [0.1, 0.15) is 12.0 Å². The number of hydrogen-bond donors (Lipinski definition) is 2. The third-order valence-corrected chi connectivity index (χ3v) is 5.57. The maximum atomic E-state index is 12.8. The van der Waals surface area contributed by atoms with Crippen LogP contribution in [0.4, 0.5) is 0 Å². The van der Waals surface area contributed by atoms with E-state index >= 15 is 0 Å². The van der Waals surface area contributed by atoms with E-state index in [1.54, 1.807) is 15.9 Å². The fourth-order valence-electron chi connectivity index (χ4n) is 3.14. The number of aromatic hydroxyl groups is 2. The van der Waals surface area contributed by atoms with Gasteiger partial charge in [0.1, 0.15) is 0 Å². The minimum absolute atomic E-state index is 0.0421. The molecule has 0 atom stereocenters. The zero-order valence-electron chi connectivity index (χ0n) is 14.7. The van der Waals surface area contributed by atoms with E-state index in [2.05, 4.69) is 20.5 Å². The van der Waals surface area contributed by atoms with Gasteiger partial charge in [0.05, 0.1) is 0 Å². The van der Waals surface area contributed by atoms with E-state index in [1.165, 1.54) is 18.2 Å². The van der Waals surface area contributed by atoms with Gasteiger partial charge < -0.3 is 0 Å². The van der Waals surface area contributed by atoms with Crippen LogP contribution in [-0.2, 0) is 9.53 Å². The second kappa shape index (κ2) is 8.22. The predicted molar refractivity (Wildman–Crippen MR) is 99.9 cm³/mol. The summed E-state index contributed by atoms with van der Waals surface area (Å²) in [6, 6.07) is 4.27. The van der Waals surface area contributed by atoms with Gasteiger partial charge in [0.15, 0.2) is 0 Å². The Bertz CT molecular complexity index is 711. The van der Waals surface area contributed by atoms with E-state index in [0.717, 1.165) is 43.9 Å². The number of nitrogens with zero attached hydrogens (tertiary/aromatic N) is 3. The van der Waals surface area contributed by atoms with E-state index in [-0.39, 0.29) is 17.4 Å². The van der Waals surface area contributed by atoms with E-state index in [4.69, 9.17) is 4.74 Å². The van der Waals surface area contributed by atoms with Gasteiger partial charge in [0.25, 0.3) is 0 Å². The van der Waals surface area contributed by atoms with Crippen molar-refractivity contribution in [3.05, 3.63) is 29.5 Å². The molecule has 7 nitrogen and oxygen atoms in total. The molecule has 2 aliphatic rings. The summed E-state index contributed by atoms with van der Waals surface area (Å²) >= 11 is 2.97. The van der Waals surface area contributed by atoms with Gasteiger partial charge in [-0.3, -0.25) is 0 Å². The normalized spacial score (nSPS) is 20.4. The molecule has 3 rings (SSSR count). The number of rotatable bonds is 5. The van der Waals surface area contributed by atoms with Crippen molar-refractivity contribution < 1.29 is 19.7 Å². The number of carbonyl (C=O) groups is 1. The standard InChI is InChI=1S/C18H23N3O4Se/c1-19-16(11-13-9-14(22)12-15(23)10-13)17(24)21(18(19)26)4-2-3-20-5-7-25-8-6-20/h9-12,22-23H,2-8H2,1H3. The molecule has 2 saturated heterocycles. The van der Waals surface area contributed by atoms with Crippen molar-refractivity contribution >= 4 is 32.2 Å². The third kappa shape index (κ3) is 4.27. The van der Waals surface area contributed by atoms with Gasteiger partial charge in [-0.15, -0.1) is 0 Å². The van der Waals surface area contributed by atoms with Gasteiger partial charge in [-0.25, -0.2) is 0 Å². The Labute approximate surface area is 160 Å². The Morgan fingerprint density at radius 1 is 1.15 bits per heavy atom. The van der Waals surface area contributed by atoms with E-state index in [9.17, 15) is 15.0 Å². The number of phenols is 2. The molecule has 0 radical (unpaired) electrons. The summed E-state index contributed by atoms with van der Waals surface area (Å²) < 4.78 is 6.11. The van der Waals surface area contributed by atoms with Crippen LogP contribution in [0.3, 0.4) is 0 Å². The quantitative estimate of drug-likeness (QED) is 0.519. The van der Waals surface area contributed by atoms with Gasteiger partial charge in [-0.2, -0.15) is 0 Å². The van der Waals surface area contributed by atoms with Gasteiger partial charge in [-0.05, 0) is 0 Å². The molecule has 140 valence electrons. The first-order valence-electron chi connectivity index (χ1n) is 8.60. The Hall–Kier alpha value is -1.86. The third-order valence-electron chi connectivity index (χ3n) is 4.53. The first-order valence-corrected chi connectivity index (χ1v) is 9.46. The van der Waals surface area contributed by atoms with Crippen LogP contribution in [0.15, 0.2) is 23.9 Å². The molecule has 2 N–H and O–H groups in total. The summed E-state index contributed by atoms with van der Waals surface area (Å²) in [6.45, 7) is 4.99. The van der Waals surface area contributed by atoms with Crippen molar-refractivity contribution in [1.29, 1.82) is 0 Å². The fourth-order valence-corrected chi connectivity index (χ4v) is 3.72. The van der Waals surface area contributed by atoms with Crippen molar-refractivity contribution in [1.82, 2.24) is 14.7 Å². The van der Waals surface area contributed by atoms with Crippen LogP contribution in [0.2, 0.25) is 0 Å².